The van der Waals surface area contributed by atoms with Crippen molar-refractivity contribution < 1.29 is 28.7 Å². The molecule has 1 aliphatic heterocycles. The molecule has 3 amide bonds. The van der Waals surface area contributed by atoms with Crippen molar-refractivity contribution in [3.05, 3.63) is 59.2 Å². The normalized spacial score (nSPS) is 16.0. The summed E-state index contributed by atoms with van der Waals surface area (Å²) in [6.45, 7) is -0.244. The van der Waals surface area contributed by atoms with E-state index in [-0.39, 0.29) is 35.6 Å². The highest BCUT2D eigenvalue weighted by atomic mass is 16.6. The number of rotatable bonds is 6. The third kappa shape index (κ3) is 4.34. The minimum atomic E-state index is -0.515. The maximum Gasteiger partial charge on any atom is 0.343 e. The van der Waals surface area contributed by atoms with Gasteiger partial charge in [0.15, 0.2) is 6.61 Å². The SMILES string of the molecule is COC(=O)COc1cccc(NC(=O)c2ccc3c(c2)C(=O)N(C2CCCCC2)C3=O)c1. The van der Waals surface area contributed by atoms with Crippen molar-refractivity contribution in [3.8, 4) is 5.75 Å². The van der Waals surface area contributed by atoms with Gasteiger partial charge in [0.1, 0.15) is 5.75 Å². The number of ether oxygens (including phenoxy) is 2. The summed E-state index contributed by atoms with van der Waals surface area (Å²) in [6.07, 6.45) is 4.79. The summed E-state index contributed by atoms with van der Waals surface area (Å²) in [4.78, 5) is 51.1. The Hall–Kier alpha value is -3.68. The van der Waals surface area contributed by atoms with Crippen molar-refractivity contribution >= 4 is 29.4 Å². The van der Waals surface area contributed by atoms with E-state index in [2.05, 4.69) is 10.1 Å². The molecule has 0 saturated heterocycles. The highest BCUT2D eigenvalue weighted by Gasteiger charge is 2.40. The number of hydrogen-bond donors (Lipinski definition) is 1. The second-order valence-corrected chi connectivity index (χ2v) is 7.88. The third-order valence-corrected chi connectivity index (χ3v) is 5.80. The molecule has 2 aromatic carbocycles. The van der Waals surface area contributed by atoms with Crippen LogP contribution < -0.4 is 10.1 Å². The summed E-state index contributed by atoms with van der Waals surface area (Å²) < 4.78 is 9.86. The van der Waals surface area contributed by atoms with Gasteiger partial charge in [-0.15, -0.1) is 0 Å². The maximum atomic E-state index is 13.0. The molecule has 0 bridgehead atoms. The lowest BCUT2D eigenvalue weighted by molar-refractivity contribution is -0.142. The molecule has 1 saturated carbocycles. The molecule has 166 valence electrons. The number of benzene rings is 2. The lowest BCUT2D eigenvalue weighted by Crippen LogP contribution is -2.40. The number of carbonyl (C=O) groups excluding carboxylic acids is 4. The topological polar surface area (TPSA) is 102 Å². The zero-order chi connectivity index (χ0) is 22.7. The summed E-state index contributed by atoms with van der Waals surface area (Å²) in [5, 5.41) is 2.75. The largest absolute Gasteiger partial charge is 0.482 e. The van der Waals surface area contributed by atoms with Crippen LogP contribution in [0.2, 0.25) is 0 Å². The van der Waals surface area contributed by atoms with Gasteiger partial charge < -0.3 is 14.8 Å². The standard InChI is InChI=1S/C24H24N2O6/c1-31-21(27)14-32-18-9-5-6-16(13-18)25-22(28)15-10-11-19-20(12-15)24(30)26(23(19)29)17-7-3-2-4-8-17/h5-6,9-13,17H,2-4,7-8,14H2,1H3,(H,25,28). The Balaban J connectivity index is 1.48. The van der Waals surface area contributed by atoms with Gasteiger partial charge in [0.05, 0.1) is 18.2 Å². The fourth-order valence-electron chi connectivity index (χ4n) is 4.14. The molecular formula is C24H24N2O6. The van der Waals surface area contributed by atoms with E-state index in [0.29, 0.717) is 17.0 Å². The van der Waals surface area contributed by atoms with Crippen molar-refractivity contribution in [3.63, 3.8) is 0 Å². The molecule has 0 radical (unpaired) electrons. The van der Waals surface area contributed by atoms with Crippen LogP contribution in [0.25, 0.3) is 0 Å². The van der Waals surface area contributed by atoms with Gasteiger partial charge >= 0.3 is 5.97 Å². The number of methoxy groups -OCH3 is 1. The fourth-order valence-corrected chi connectivity index (χ4v) is 4.14. The van der Waals surface area contributed by atoms with Gasteiger partial charge in [-0.05, 0) is 43.2 Å². The van der Waals surface area contributed by atoms with Crippen LogP contribution in [0, 0.1) is 0 Å². The first-order valence-corrected chi connectivity index (χ1v) is 10.6. The van der Waals surface area contributed by atoms with E-state index in [0.717, 1.165) is 32.1 Å². The van der Waals surface area contributed by atoms with Crippen molar-refractivity contribution in [1.82, 2.24) is 4.90 Å². The van der Waals surface area contributed by atoms with Crippen LogP contribution in [0.1, 0.15) is 63.2 Å². The first kappa shape index (κ1) is 21.5. The van der Waals surface area contributed by atoms with Gasteiger partial charge in [0.25, 0.3) is 17.7 Å². The predicted octanol–water partition coefficient (Wildman–Crippen LogP) is 3.42. The second-order valence-electron chi connectivity index (χ2n) is 7.88. The van der Waals surface area contributed by atoms with E-state index < -0.39 is 11.9 Å². The third-order valence-electron chi connectivity index (χ3n) is 5.80. The number of imide groups is 1. The molecule has 0 aromatic heterocycles. The summed E-state index contributed by atoms with van der Waals surface area (Å²) >= 11 is 0. The molecule has 0 unspecified atom stereocenters. The fraction of sp³-hybridized carbons (Fsp3) is 0.333. The average molecular weight is 436 g/mol. The first-order chi connectivity index (χ1) is 15.5. The Bertz CT molecular complexity index is 1070. The minimum absolute atomic E-state index is 0.0684. The molecule has 0 spiro atoms. The summed E-state index contributed by atoms with van der Waals surface area (Å²) in [5.74, 6) is -1.15. The van der Waals surface area contributed by atoms with Crippen molar-refractivity contribution in [2.75, 3.05) is 19.0 Å². The van der Waals surface area contributed by atoms with Crippen LogP contribution in [0.5, 0.6) is 5.75 Å². The van der Waals surface area contributed by atoms with Crippen LogP contribution in [0.15, 0.2) is 42.5 Å². The van der Waals surface area contributed by atoms with E-state index in [1.54, 1.807) is 36.4 Å². The molecular weight excluding hydrogens is 412 g/mol. The van der Waals surface area contributed by atoms with E-state index in [4.69, 9.17) is 4.74 Å². The summed E-state index contributed by atoms with van der Waals surface area (Å²) in [7, 11) is 1.27. The Morgan fingerprint density at radius 2 is 1.75 bits per heavy atom. The van der Waals surface area contributed by atoms with Gasteiger partial charge in [-0.2, -0.15) is 0 Å². The Morgan fingerprint density at radius 1 is 1.00 bits per heavy atom. The lowest BCUT2D eigenvalue weighted by Gasteiger charge is -2.29. The quantitative estimate of drug-likeness (QED) is 0.550. The van der Waals surface area contributed by atoms with Crippen molar-refractivity contribution in [2.45, 2.75) is 38.1 Å². The highest BCUT2D eigenvalue weighted by molar-refractivity contribution is 6.22. The van der Waals surface area contributed by atoms with E-state index in [1.165, 1.54) is 18.1 Å². The van der Waals surface area contributed by atoms with Crippen molar-refractivity contribution in [2.24, 2.45) is 0 Å². The van der Waals surface area contributed by atoms with Gasteiger partial charge in [0, 0.05) is 23.4 Å². The number of nitrogens with zero attached hydrogens (tertiary/aromatic N) is 1. The van der Waals surface area contributed by atoms with Crippen molar-refractivity contribution in [1.29, 1.82) is 0 Å². The maximum absolute atomic E-state index is 13.0. The van der Waals surface area contributed by atoms with Crippen LogP contribution in [-0.2, 0) is 9.53 Å². The smallest absolute Gasteiger partial charge is 0.343 e. The Labute approximate surface area is 185 Å². The molecule has 4 rings (SSSR count). The van der Waals surface area contributed by atoms with Crippen LogP contribution in [-0.4, -0.2) is 48.3 Å². The zero-order valence-electron chi connectivity index (χ0n) is 17.8. The number of hydrogen-bond acceptors (Lipinski definition) is 6. The second kappa shape index (κ2) is 9.21. The summed E-state index contributed by atoms with van der Waals surface area (Å²) in [6, 6.07) is 11.1. The van der Waals surface area contributed by atoms with Gasteiger partial charge in [0.2, 0.25) is 0 Å². The number of carbonyl (C=O) groups is 4. The van der Waals surface area contributed by atoms with Crippen LogP contribution in [0.3, 0.4) is 0 Å². The monoisotopic (exact) mass is 436 g/mol. The number of fused-ring (bicyclic) bond motifs is 1. The number of nitrogens with one attached hydrogen (secondary N) is 1. The molecule has 2 aromatic rings. The van der Waals surface area contributed by atoms with Crippen LogP contribution in [0.4, 0.5) is 5.69 Å². The molecule has 8 nitrogen and oxygen atoms in total. The average Bonchev–Trinajstić information content (AvgIpc) is 3.07. The minimum Gasteiger partial charge on any atom is -0.482 e. The van der Waals surface area contributed by atoms with Gasteiger partial charge in [-0.1, -0.05) is 25.3 Å². The molecule has 1 aliphatic carbocycles. The predicted molar refractivity (Wildman–Crippen MR) is 116 cm³/mol. The Kier molecular flexibility index (Phi) is 6.20. The molecule has 8 heteroatoms. The molecule has 1 heterocycles. The lowest BCUT2D eigenvalue weighted by atomic mass is 9.94. The zero-order valence-corrected chi connectivity index (χ0v) is 17.8. The first-order valence-electron chi connectivity index (χ1n) is 10.6. The number of esters is 1. The van der Waals surface area contributed by atoms with E-state index in [9.17, 15) is 19.2 Å². The Morgan fingerprint density at radius 3 is 2.50 bits per heavy atom. The molecule has 32 heavy (non-hydrogen) atoms. The molecule has 2 aliphatic rings. The van der Waals surface area contributed by atoms with E-state index >= 15 is 0 Å². The number of anilines is 1. The molecule has 0 atom stereocenters. The van der Waals surface area contributed by atoms with Gasteiger partial charge in [-0.3, -0.25) is 19.3 Å². The van der Waals surface area contributed by atoms with E-state index in [1.807, 2.05) is 0 Å². The summed E-state index contributed by atoms with van der Waals surface area (Å²) in [5.41, 5.74) is 1.35. The van der Waals surface area contributed by atoms with Crippen LogP contribution >= 0.6 is 0 Å². The number of amides is 3. The molecule has 1 fully saturated rings. The molecule has 1 N–H and O–H groups in total. The highest BCUT2D eigenvalue weighted by Crippen LogP contribution is 2.31. The van der Waals surface area contributed by atoms with Gasteiger partial charge in [-0.25, -0.2) is 4.79 Å².